The minimum absolute atomic E-state index is 0.270. The van der Waals surface area contributed by atoms with Gasteiger partial charge in [-0.25, -0.2) is 5.43 Å². The number of rotatable bonds is 7. The molecule has 1 amide bonds. The topological polar surface area (TPSA) is 46.4 Å². The quantitative estimate of drug-likeness (QED) is 0.146. The molecule has 0 aliphatic carbocycles. The van der Waals surface area contributed by atoms with Crippen molar-refractivity contribution in [3.05, 3.63) is 116 Å². The van der Waals surface area contributed by atoms with Crippen LogP contribution in [0.5, 0.6) is 0 Å². The molecule has 1 N–H and O–H groups in total. The van der Waals surface area contributed by atoms with E-state index in [9.17, 15) is 4.79 Å². The van der Waals surface area contributed by atoms with Crippen LogP contribution in [0.3, 0.4) is 0 Å². The predicted octanol–water partition coefficient (Wildman–Crippen LogP) is 8.11. The second-order valence-corrected chi connectivity index (χ2v) is 10.3. The van der Waals surface area contributed by atoms with Crippen molar-refractivity contribution in [3.63, 3.8) is 0 Å². The van der Waals surface area contributed by atoms with E-state index in [2.05, 4.69) is 10.5 Å². The van der Waals surface area contributed by atoms with Crippen molar-refractivity contribution < 1.29 is 4.79 Å². The molecule has 0 spiro atoms. The lowest BCUT2D eigenvalue weighted by Gasteiger charge is -2.10. The Morgan fingerprint density at radius 1 is 0.914 bits per heavy atom. The fourth-order valence-electron chi connectivity index (χ4n) is 3.66. The number of nitrogens with one attached hydrogen (secondary N) is 1. The second kappa shape index (κ2) is 11.4. The summed E-state index contributed by atoms with van der Waals surface area (Å²) in [4.78, 5) is 13.7. The Balaban J connectivity index is 1.38. The van der Waals surface area contributed by atoms with E-state index in [1.165, 1.54) is 0 Å². The van der Waals surface area contributed by atoms with E-state index >= 15 is 0 Å². The zero-order chi connectivity index (χ0) is 24.9. The van der Waals surface area contributed by atoms with E-state index in [1.54, 1.807) is 36.2 Å². The number of aryl methyl sites for hydroxylation is 1. The molecule has 0 aliphatic rings. The van der Waals surface area contributed by atoms with Crippen LogP contribution in [0.2, 0.25) is 15.1 Å². The Hall–Kier alpha value is -2.70. The van der Waals surface area contributed by atoms with Gasteiger partial charge in [0.25, 0.3) is 5.91 Å². The number of hydrogen-bond donors (Lipinski definition) is 1. The van der Waals surface area contributed by atoms with E-state index < -0.39 is 0 Å². The fraction of sp³-hybridized carbons (Fsp3) is 0.111. The van der Waals surface area contributed by atoms with Gasteiger partial charge in [-0.1, -0.05) is 46.9 Å². The molecule has 178 valence electrons. The van der Waals surface area contributed by atoms with E-state index in [0.29, 0.717) is 15.6 Å². The average molecular weight is 543 g/mol. The second-order valence-electron chi connectivity index (χ2n) is 7.93. The van der Waals surface area contributed by atoms with Crippen molar-refractivity contribution in [2.45, 2.75) is 24.5 Å². The summed E-state index contributed by atoms with van der Waals surface area (Å²) in [6, 6.07) is 22.6. The van der Waals surface area contributed by atoms with Crippen molar-refractivity contribution in [2.75, 3.05) is 0 Å². The maximum Gasteiger partial charge on any atom is 0.271 e. The number of carbonyl (C=O) groups excluding carboxylic acids is 1. The van der Waals surface area contributed by atoms with E-state index in [-0.39, 0.29) is 5.91 Å². The molecule has 0 fully saturated rings. The molecule has 0 atom stereocenters. The van der Waals surface area contributed by atoms with Gasteiger partial charge in [-0.15, -0.1) is 11.8 Å². The smallest absolute Gasteiger partial charge is 0.271 e. The molecule has 0 aliphatic heterocycles. The normalized spacial score (nSPS) is 11.2. The average Bonchev–Trinajstić information content (AvgIpc) is 3.11. The molecule has 35 heavy (non-hydrogen) atoms. The van der Waals surface area contributed by atoms with Gasteiger partial charge >= 0.3 is 0 Å². The van der Waals surface area contributed by atoms with Gasteiger partial charge in [0, 0.05) is 53.9 Å². The molecule has 1 aromatic heterocycles. The number of hydrazone groups is 1. The van der Waals surface area contributed by atoms with Gasteiger partial charge in [0.15, 0.2) is 0 Å². The molecule has 1 heterocycles. The molecule has 0 bridgehead atoms. The summed E-state index contributed by atoms with van der Waals surface area (Å²) in [6.07, 6.45) is 1.64. The fourth-order valence-corrected chi connectivity index (χ4v) is 5.15. The van der Waals surface area contributed by atoms with Crippen molar-refractivity contribution in [2.24, 2.45) is 5.10 Å². The Bertz CT molecular complexity index is 1360. The minimum Gasteiger partial charge on any atom is -0.318 e. The lowest BCUT2D eigenvalue weighted by molar-refractivity contribution is 0.0955. The summed E-state index contributed by atoms with van der Waals surface area (Å²) in [6.45, 7) is 3.97. The third-order valence-corrected chi connectivity index (χ3v) is 7.15. The number of hydrogen-bond acceptors (Lipinski definition) is 3. The zero-order valence-electron chi connectivity index (χ0n) is 19.1. The van der Waals surface area contributed by atoms with Crippen LogP contribution in [-0.2, 0) is 5.75 Å². The number of nitrogens with zero attached hydrogens (tertiary/aromatic N) is 2. The SMILES string of the molecule is Cc1cc(/C=N/NC(=O)c2ccc(CSc3ccc(Cl)cc3)cc2)c(C)n1-c1cc(Cl)cc(Cl)c1. The van der Waals surface area contributed by atoms with Gasteiger partial charge in [0.1, 0.15) is 0 Å². The summed E-state index contributed by atoms with van der Waals surface area (Å²) in [5, 5.41) is 6.02. The first-order valence-corrected chi connectivity index (χ1v) is 12.9. The van der Waals surface area contributed by atoms with E-state index in [1.807, 2.05) is 73.0 Å². The first kappa shape index (κ1) is 25.4. The van der Waals surface area contributed by atoms with Gasteiger partial charge in [-0.3, -0.25) is 4.79 Å². The molecule has 0 radical (unpaired) electrons. The van der Waals surface area contributed by atoms with Crippen LogP contribution in [-0.4, -0.2) is 16.7 Å². The molecule has 0 unspecified atom stereocenters. The lowest BCUT2D eigenvalue weighted by Crippen LogP contribution is -2.17. The van der Waals surface area contributed by atoms with Crippen molar-refractivity contribution >= 4 is 58.7 Å². The molecule has 4 rings (SSSR count). The molecule has 4 nitrogen and oxygen atoms in total. The third kappa shape index (κ3) is 6.50. The highest BCUT2D eigenvalue weighted by Gasteiger charge is 2.11. The maximum atomic E-state index is 12.5. The monoisotopic (exact) mass is 541 g/mol. The van der Waals surface area contributed by atoms with Gasteiger partial charge < -0.3 is 4.57 Å². The standard InChI is InChI=1S/C27H22Cl3N3OS/c1-17-11-21(18(2)33(17)25-13-23(29)12-24(30)14-25)15-31-32-27(34)20-5-3-19(4-6-20)16-35-26-9-7-22(28)8-10-26/h3-15H,16H2,1-2H3,(H,32,34)/b31-15+. The Morgan fingerprint density at radius 3 is 2.23 bits per heavy atom. The van der Waals surface area contributed by atoms with Gasteiger partial charge in [0.05, 0.1) is 6.21 Å². The Kier molecular flexibility index (Phi) is 8.24. The number of benzene rings is 3. The largest absolute Gasteiger partial charge is 0.318 e. The molecule has 0 saturated heterocycles. The van der Waals surface area contributed by atoms with Crippen LogP contribution >= 0.6 is 46.6 Å². The van der Waals surface area contributed by atoms with Crippen LogP contribution in [0.25, 0.3) is 5.69 Å². The van der Waals surface area contributed by atoms with Gasteiger partial charge in [0.2, 0.25) is 0 Å². The van der Waals surface area contributed by atoms with Crippen LogP contribution in [0.1, 0.15) is 32.9 Å². The molecule has 8 heteroatoms. The van der Waals surface area contributed by atoms with Crippen LogP contribution in [0.15, 0.2) is 82.8 Å². The third-order valence-electron chi connectivity index (χ3n) is 5.38. The van der Waals surface area contributed by atoms with Crippen LogP contribution in [0, 0.1) is 13.8 Å². The van der Waals surface area contributed by atoms with Gasteiger partial charge in [-0.2, -0.15) is 5.10 Å². The zero-order valence-corrected chi connectivity index (χ0v) is 22.1. The summed E-state index contributed by atoms with van der Waals surface area (Å²) in [5.74, 6) is 0.531. The van der Waals surface area contributed by atoms with Crippen molar-refractivity contribution in [3.8, 4) is 5.69 Å². The molecule has 0 saturated carbocycles. The first-order chi connectivity index (χ1) is 16.8. The maximum absolute atomic E-state index is 12.5. The number of carbonyl (C=O) groups is 1. The Labute approximate surface area is 223 Å². The van der Waals surface area contributed by atoms with Crippen molar-refractivity contribution in [1.29, 1.82) is 0 Å². The predicted molar refractivity (Wildman–Crippen MR) is 148 cm³/mol. The summed E-state index contributed by atoms with van der Waals surface area (Å²) >= 11 is 20.0. The summed E-state index contributed by atoms with van der Waals surface area (Å²) in [5.41, 5.74) is 7.99. The molecule has 3 aromatic carbocycles. The molecule has 4 aromatic rings. The molecular formula is C27H22Cl3N3OS. The highest BCUT2D eigenvalue weighted by molar-refractivity contribution is 7.98. The summed E-state index contributed by atoms with van der Waals surface area (Å²) in [7, 11) is 0. The van der Waals surface area contributed by atoms with Crippen LogP contribution in [0.4, 0.5) is 0 Å². The first-order valence-electron chi connectivity index (χ1n) is 10.8. The summed E-state index contributed by atoms with van der Waals surface area (Å²) < 4.78 is 2.04. The number of amides is 1. The molecular weight excluding hydrogens is 521 g/mol. The number of thioether (sulfide) groups is 1. The number of aromatic nitrogens is 1. The Morgan fingerprint density at radius 2 is 1.57 bits per heavy atom. The van der Waals surface area contributed by atoms with E-state index in [0.717, 1.165) is 43.9 Å². The van der Waals surface area contributed by atoms with Crippen LogP contribution < -0.4 is 5.43 Å². The lowest BCUT2D eigenvalue weighted by atomic mass is 10.1. The highest BCUT2D eigenvalue weighted by atomic mass is 35.5. The van der Waals surface area contributed by atoms with Crippen molar-refractivity contribution in [1.82, 2.24) is 9.99 Å². The van der Waals surface area contributed by atoms with E-state index in [4.69, 9.17) is 34.8 Å². The highest BCUT2D eigenvalue weighted by Crippen LogP contribution is 2.26. The number of halogens is 3. The minimum atomic E-state index is -0.270. The van der Waals surface area contributed by atoms with Gasteiger partial charge in [-0.05, 0) is 80.1 Å².